The summed E-state index contributed by atoms with van der Waals surface area (Å²) in [6.07, 6.45) is -16.2. The van der Waals surface area contributed by atoms with Crippen molar-refractivity contribution >= 4 is 15.2 Å². The maximum absolute atomic E-state index is 13.3. The summed E-state index contributed by atoms with van der Waals surface area (Å²) in [7, 11) is -15.0. The van der Waals surface area contributed by atoms with Gasteiger partial charge in [0.2, 0.25) is 0 Å². The lowest BCUT2D eigenvalue weighted by Crippen LogP contribution is -2.62. The maximum atomic E-state index is 13.3. The van der Waals surface area contributed by atoms with Crippen molar-refractivity contribution in [2.45, 2.75) is 60.1 Å². The third-order valence-electron chi connectivity index (χ3n) is 4.11. The highest BCUT2D eigenvalue weighted by Gasteiger charge is 2.87. The van der Waals surface area contributed by atoms with Crippen molar-refractivity contribution in [1.82, 2.24) is 0 Å². The Morgan fingerprint density at radius 2 is 0.658 bits per heavy atom. The number of hydrogen-bond donors (Lipinski definition) is 4. The molecule has 0 aliphatic heterocycles. The van der Waals surface area contributed by atoms with Gasteiger partial charge in [-0.05, 0) is 12.8 Å². The molecule has 0 aromatic heterocycles. The third-order valence-corrected chi connectivity index (χ3v) is 6.14. The number of hydrogen-bond acceptors (Lipinski definition) is 4. The van der Waals surface area contributed by atoms with Gasteiger partial charge in [-0.25, -0.2) is 0 Å². The van der Waals surface area contributed by atoms with E-state index >= 15 is 0 Å². The average molecular weight is 650 g/mol. The maximum Gasteiger partial charge on any atom is 0.426 e. The summed E-state index contributed by atoms with van der Waals surface area (Å²) >= 11 is 0. The second-order valence-corrected chi connectivity index (χ2v) is 10.2. The first-order valence-corrected chi connectivity index (χ1v) is 11.8. The molecule has 0 heterocycles. The van der Waals surface area contributed by atoms with Gasteiger partial charge < -0.3 is 29.0 Å². The summed E-state index contributed by atoms with van der Waals surface area (Å²) in [4.78, 5) is 32.2. The minimum Gasteiger partial charge on any atom is -0.320 e. The summed E-state index contributed by atoms with van der Waals surface area (Å²) in [6, 6.07) is 0. The van der Waals surface area contributed by atoms with Crippen LogP contribution >= 0.6 is 15.2 Å². The van der Waals surface area contributed by atoms with Crippen LogP contribution in [0.1, 0.15) is 12.8 Å². The van der Waals surface area contributed by atoms with Crippen LogP contribution in [-0.2, 0) is 18.6 Å². The van der Waals surface area contributed by atoms with Gasteiger partial charge in [0.1, 0.15) is 0 Å². The van der Waals surface area contributed by atoms with Gasteiger partial charge in [-0.3, -0.25) is 9.13 Å². The van der Waals surface area contributed by atoms with Crippen LogP contribution in [0.2, 0.25) is 0 Å². The Balaban J connectivity index is 5.33. The molecule has 26 heteroatoms. The van der Waals surface area contributed by atoms with Crippen molar-refractivity contribution in [2.24, 2.45) is 0 Å². The number of halogens is 16. The fraction of sp³-hybridized carbons (Fsp3) is 1.00. The molecule has 4 N–H and O–H groups in total. The van der Waals surface area contributed by atoms with Gasteiger partial charge in [0.05, 0.1) is 13.2 Å². The van der Waals surface area contributed by atoms with E-state index in [2.05, 4.69) is 9.47 Å². The molecule has 0 saturated carbocycles. The predicted octanol–water partition coefficient (Wildman–Crippen LogP) is 5.07. The van der Waals surface area contributed by atoms with Crippen LogP contribution in [0.3, 0.4) is 0 Å². The first kappa shape index (κ1) is 37.1. The second kappa shape index (κ2) is 10.5. The molecule has 0 amide bonds. The highest BCUT2D eigenvalue weighted by Crippen LogP contribution is 2.67. The molecular weight excluding hydrogens is 638 g/mol. The molecule has 0 unspecified atom stereocenters. The molecule has 0 radical (unpaired) electrons. The van der Waals surface area contributed by atoms with Gasteiger partial charge >= 0.3 is 62.4 Å². The molecule has 230 valence electrons. The van der Waals surface area contributed by atoms with Crippen LogP contribution in [-0.4, -0.2) is 80.0 Å². The second-order valence-electron chi connectivity index (χ2n) is 6.91. The van der Waals surface area contributed by atoms with Crippen LogP contribution in [0.25, 0.3) is 0 Å². The van der Waals surface area contributed by atoms with Gasteiger partial charge in [-0.2, -0.15) is 70.2 Å². The summed E-state index contributed by atoms with van der Waals surface area (Å²) in [5.74, 6) is -29.7. The average Bonchev–Trinajstić information content (AvgIpc) is 2.67. The summed E-state index contributed by atoms with van der Waals surface area (Å²) in [5.41, 5.74) is -14.2. The van der Waals surface area contributed by atoms with Gasteiger partial charge in [0.25, 0.3) is 0 Å². The Bertz CT molecular complexity index is 855. The van der Waals surface area contributed by atoms with Crippen molar-refractivity contribution in [3.05, 3.63) is 0 Å². The molecule has 0 bridgehead atoms. The third kappa shape index (κ3) is 6.06. The highest BCUT2D eigenvalue weighted by atomic mass is 31.2. The first-order valence-electron chi connectivity index (χ1n) is 8.62. The fourth-order valence-corrected chi connectivity index (χ4v) is 2.91. The summed E-state index contributed by atoms with van der Waals surface area (Å²) in [5, 5.41) is 0. The van der Waals surface area contributed by atoms with Crippen molar-refractivity contribution in [1.29, 1.82) is 0 Å². The zero-order chi connectivity index (χ0) is 31.2. The van der Waals surface area contributed by atoms with E-state index in [4.69, 9.17) is 19.6 Å². The Kier molecular flexibility index (Phi) is 10.2. The molecule has 0 atom stereocenters. The Morgan fingerprint density at radius 3 is 0.842 bits per heavy atom. The van der Waals surface area contributed by atoms with E-state index in [1.165, 1.54) is 0 Å². The fourth-order valence-electron chi connectivity index (χ4n) is 1.90. The van der Waals surface area contributed by atoms with Crippen molar-refractivity contribution in [3.63, 3.8) is 0 Å². The van der Waals surface area contributed by atoms with Crippen LogP contribution in [0.15, 0.2) is 0 Å². The van der Waals surface area contributed by atoms with E-state index in [9.17, 15) is 79.4 Å². The molecule has 0 saturated heterocycles. The number of rotatable bonds is 15. The lowest BCUT2D eigenvalue weighted by atomic mass is 10.1. The van der Waals surface area contributed by atoms with Crippen LogP contribution < -0.4 is 0 Å². The standard InChI is InChI=1S/C12H12F16O8P2/c13-5(14,7(17,18)11(25,26)37(29,30)31)9(21,22)35-3-1-2-4-36-10(23,24)6(15,16)8(19,20)12(27,28)38(32,33)34/h1-4H2,(H2,29,30,31)(H2,32,33,34). The predicted molar refractivity (Wildman–Crippen MR) is 84.8 cm³/mol. The van der Waals surface area contributed by atoms with E-state index in [1.807, 2.05) is 0 Å². The molecule has 0 aliphatic carbocycles. The molecule has 0 spiro atoms. The largest absolute Gasteiger partial charge is 0.426 e. The van der Waals surface area contributed by atoms with E-state index in [1.54, 1.807) is 0 Å². The topological polar surface area (TPSA) is 134 Å². The van der Waals surface area contributed by atoms with Gasteiger partial charge in [-0.1, -0.05) is 0 Å². The van der Waals surface area contributed by atoms with E-state index < -0.39 is 88.5 Å². The molecular formula is C12H12F16O8P2. The normalized spacial score (nSPS) is 16.2. The van der Waals surface area contributed by atoms with Crippen LogP contribution in [0.4, 0.5) is 70.2 Å². The summed E-state index contributed by atoms with van der Waals surface area (Å²) < 4.78 is 238. The van der Waals surface area contributed by atoms with E-state index in [0.717, 1.165) is 0 Å². The quantitative estimate of drug-likeness (QED) is 0.110. The molecule has 0 aromatic carbocycles. The minimum atomic E-state index is -7.50. The van der Waals surface area contributed by atoms with Crippen molar-refractivity contribution in [2.75, 3.05) is 13.2 Å². The Morgan fingerprint density at radius 1 is 0.447 bits per heavy atom. The zero-order valence-electron chi connectivity index (χ0n) is 17.2. The highest BCUT2D eigenvalue weighted by molar-refractivity contribution is 7.53. The SMILES string of the molecule is O=P(O)(O)C(F)(F)C(F)(F)C(F)(F)C(F)(F)OCCCCOC(F)(F)C(F)(F)C(F)(F)C(F)(F)P(=O)(O)O. The van der Waals surface area contributed by atoms with E-state index in [-0.39, 0.29) is 0 Å². The Hall–Kier alpha value is -0.900. The number of alkyl halides is 16. The molecule has 8 nitrogen and oxygen atoms in total. The van der Waals surface area contributed by atoms with Crippen molar-refractivity contribution < 1.29 is 108 Å². The van der Waals surface area contributed by atoms with Gasteiger partial charge in [-0.15, -0.1) is 0 Å². The molecule has 0 aromatic rings. The van der Waals surface area contributed by atoms with Crippen LogP contribution in [0.5, 0.6) is 0 Å². The zero-order valence-corrected chi connectivity index (χ0v) is 19.0. The van der Waals surface area contributed by atoms with E-state index in [0.29, 0.717) is 0 Å². The monoisotopic (exact) mass is 650 g/mol. The molecule has 38 heavy (non-hydrogen) atoms. The van der Waals surface area contributed by atoms with Crippen molar-refractivity contribution in [3.8, 4) is 0 Å². The smallest absolute Gasteiger partial charge is 0.320 e. The molecule has 0 fully saturated rings. The van der Waals surface area contributed by atoms with Gasteiger partial charge in [0, 0.05) is 0 Å². The lowest BCUT2D eigenvalue weighted by Gasteiger charge is -2.36. The Labute approximate surface area is 198 Å². The summed E-state index contributed by atoms with van der Waals surface area (Å²) in [6.45, 7) is -4.09. The minimum absolute atomic E-state index is 1.43. The lowest BCUT2D eigenvalue weighted by molar-refractivity contribution is -0.421. The number of ether oxygens (including phenoxy) is 2. The number of unbranched alkanes of at least 4 members (excludes halogenated alkanes) is 1. The first-order chi connectivity index (χ1) is 16.2. The van der Waals surface area contributed by atoms with Crippen LogP contribution in [0, 0.1) is 0 Å². The van der Waals surface area contributed by atoms with Gasteiger partial charge in [0.15, 0.2) is 0 Å². The molecule has 0 rings (SSSR count). The molecule has 0 aliphatic rings.